The Morgan fingerprint density at radius 2 is 0.653 bits per heavy atom. The number of anilines is 8. The highest BCUT2D eigenvalue weighted by Gasteiger charge is 2.17. The zero-order valence-corrected chi connectivity index (χ0v) is 57.8. The first-order chi connectivity index (χ1) is 49.9. The molecule has 0 aliphatic rings. The van der Waals surface area contributed by atoms with Crippen LogP contribution in [0, 0.1) is 5.82 Å². The number of benzene rings is 16. The highest BCUT2D eigenvalue weighted by Crippen LogP contribution is 2.46. The topological polar surface area (TPSA) is 48.1 Å². The molecule has 4 heterocycles. The van der Waals surface area contributed by atoms with E-state index in [0.29, 0.717) is 0 Å². The summed E-state index contributed by atoms with van der Waals surface area (Å²) < 4.78 is 23.4. The van der Waals surface area contributed by atoms with E-state index >= 15 is 0 Å². The molecule has 0 saturated heterocycles. The van der Waals surface area contributed by atoms with Crippen molar-refractivity contribution < 1.29 is 4.39 Å². The minimum Gasteiger partial charge on any atom is -0.355 e. The summed E-state index contributed by atoms with van der Waals surface area (Å²) in [7, 11) is 0. The molecule has 0 aliphatic heterocycles. The first-order valence-electron chi connectivity index (χ1n) is 33.6. The van der Waals surface area contributed by atoms with Gasteiger partial charge in [0.05, 0.1) is 0 Å². The molecule has 0 fully saturated rings. The van der Waals surface area contributed by atoms with Gasteiger partial charge < -0.3 is 21.3 Å². The maximum absolute atomic E-state index is 12.9. The van der Waals surface area contributed by atoms with Crippen molar-refractivity contribution in [3.8, 4) is 22.3 Å². The van der Waals surface area contributed by atoms with Gasteiger partial charge in [-0.1, -0.05) is 243 Å². The Labute approximate surface area is 600 Å². The van der Waals surface area contributed by atoms with Gasteiger partial charge in [0.15, 0.2) is 0 Å². The zero-order valence-electron chi connectivity index (χ0n) is 54.6. The third kappa shape index (κ3) is 13.1. The summed E-state index contributed by atoms with van der Waals surface area (Å²) in [6.07, 6.45) is 0. The minimum absolute atomic E-state index is 0.222. The Bertz CT molecular complexity index is 6360. The molecule has 16 aromatic carbocycles. The summed E-state index contributed by atoms with van der Waals surface area (Å²) in [4.78, 5) is 0. The standard InChI is InChI=1S/C28H19NS.C24H17NS.C22H15NS.C18H12FNS/c1-2-10-19(11-3-1)20-12-6-8-16-24(20)29-25-18-27-28(22-14-5-4-13-21(22)25)23-15-7-9-17-26(23)30-27;1-3-9-17(10-4-1)19-13-7-14-20-23-21(25-18-11-5-2-6-12-18)15-8-16-22(23)26-24(19)20;1-2-6-16-13-17(10-9-15(16)5-1)23-18-11-12-20-19-7-3-4-8-21(19)24-22(20)14-18;19-12-5-7-13(8-6-12)20-14-9-10-16-15-3-1-2-4-17(15)21-18(16)11-14/h1-18,29H;1-16,25H;1-14,23H;1-11,20H. The molecule has 20 rings (SSSR count). The van der Waals surface area contributed by atoms with Gasteiger partial charge in [0, 0.05) is 137 Å². The minimum atomic E-state index is -0.222. The molecule has 0 bridgehead atoms. The van der Waals surface area contributed by atoms with Crippen LogP contribution in [-0.4, -0.2) is 0 Å². The molecule has 4 N–H and O–H groups in total. The first-order valence-corrected chi connectivity index (χ1v) is 36.9. The molecule has 0 aliphatic carbocycles. The summed E-state index contributed by atoms with van der Waals surface area (Å²) in [5.41, 5.74) is 13.7. The highest BCUT2D eigenvalue weighted by atomic mass is 32.1. The van der Waals surface area contributed by atoms with Crippen molar-refractivity contribution >= 4 is 193 Å². The van der Waals surface area contributed by atoms with Crippen LogP contribution in [0.3, 0.4) is 0 Å². The largest absolute Gasteiger partial charge is 0.355 e. The van der Waals surface area contributed by atoms with E-state index in [0.717, 1.165) is 45.5 Å². The van der Waals surface area contributed by atoms with E-state index in [1.807, 2.05) is 40.1 Å². The van der Waals surface area contributed by atoms with Crippen LogP contribution in [0.15, 0.2) is 358 Å². The molecular weight excluding hydrogens is 1310 g/mol. The van der Waals surface area contributed by atoms with Crippen molar-refractivity contribution in [2.24, 2.45) is 0 Å². The molecule has 0 unspecified atom stereocenters. The van der Waals surface area contributed by atoms with E-state index in [9.17, 15) is 4.39 Å². The Morgan fingerprint density at radius 3 is 1.34 bits per heavy atom. The number of fused-ring (bicyclic) bond motifs is 15. The lowest BCUT2D eigenvalue weighted by Crippen LogP contribution is -1.94. The zero-order chi connectivity index (χ0) is 67.4. The Hall–Kier alpha value is -12.0. The third-order valence-corrected chi connectivity index (χ3v) is 22.8. The van der Waals surface area contributed by atoms with Gasteiger partial charge in [0.1, 0.15) is 5.82 Å². The number of thiophene rings is 4. The molecule has 0 radical (unpaired) electrons. The first kappa shape index (κ1) is 62.6. The Kier molecular flexibility index (Phi) is 17.4. The maximum atomic E-state index is 12.9. The van der Waals surface area contributed by atoms with Crippen LogP contribution < -0.4 is 21.3 Å². The van der Waals surface area contributed by atoms with Crippen LogP contribution in [-0.2, 0) is 0 Å². The van der Waals surface area contributed by atoms with Gasteiger partial charge in [-0.25, -0.2) is 4.39 Å². The van der Waals surface area contributed by atoms with Gasteiger partial charge in [-0.2, -0.15) is 0 Å². The number of halogens is 1. The predicted molar refractivity (Wildman–Crippen MR) is 442 cm³/mol. The van der Waals surface area contributed by atoms with E-state index < -0.39 is 0 Å². The number of nitrogens with one attached hydrogen (secondary N) is 4. The lowest BCUT2D eigenvalue weighted by Gasteiger charge is -2.15. The second-order valence-electron chi connectivity index (χ2n) is 24.7. The lowest BCUT2D eigenvalue weighted by molar-refractivity contribution is 0.628. The fourth-order valence-corrected chi connectivity index (χ4v) is 18.2. The summed E-state index contributed by atoms with van der Waals surface area (Å²) in [5.74, 6) is -0.222. The molecular formula is C92H63FN4S4. The summed E-state index contributed by atoms with van der Waals surface area (Å²) in [6.45, 7) is 0. The second kappa shape index (κ2) is 28.1. The molecule has 0 atom stereocenters. The van der Waals surface area contributed by atoms with Gasteiger partial charge in [-0.15, -0.1) is 45.3 Å². The van der Waals surface area contributed by atoms with Crippen LogP contribution in [0.2, 0.25) is 0 Å². The second-order valence-corrected chi connectivity index (χ2v) is 29.0. The van der Waals surface area contributed by atoms with Crippen LogP contribution >= 0.6 is 45.3 Å². The van der Waals surface area contributed by atoms with Crippen LogP contribution in [0.25, 0.3) is 124 Å². The third-order valence-electron chi connectivity index (χ3n) is 18.3. The molecule has 4 aromatic heterocycles. The average molecular weight is 1370 g/mol. The fourth-order valence-electron chi connectivity index (χ4n) is 13.5. The van der Waals surface area contributed by atoms with Gasteiger partial charge in [0.2, 0.25) is 0 Å². The average Bonchev–Trinajstić information content (AvgIpc) is 1.62. The number of rotatable bonds is 10. The summed E-state index contributed by atoms with van der Waals surface area (Å²) in [5, 5.41) is 29.8. The smallest absolute Gasteiger partial charge is 0.123 e. The van der Waals surface area contributed by atoms with Crippen molar-refractivity contribution in [1.82, 2.24) is 0 Å². The van der Waals surface area contributed by atoms with Crippen LogP contribution in [0.4, 0.5) is 49.9 Å². The van der Waals surface area contributed by atoms with E-state index in [1.54, 1.807) is 23.5 Å². The lowest BCUT2D eigenvalue weighted by atomic mass is 10.0. The SMILES string of the molecule is Fc1ccc(Nc2ccc3c(c2)sc2ccccc23)cc1.c1ccc(-c2ccccc2Nc2cc3sc4ccccc4c3c3ccccc23)cc1.c1ccc(Nc2cccc3sc4c(-c5ccccc5)cccc4c23)cc1.c1ccc2cc(Nc3ccc4c(c3)sc3ccccc34)ccc2c1. The molecule has 101 heavy (non-hydrogen) atoms. The van der Waals surface area contributed by atoms with Gasteiger partial charge in [-0.05, 0) is 148 Å². The molecule has 0 spiro atoms. The summed E-state index contributed by atoms with van der Waals surface area (Å²) in [6, 6.07) is 124. The molecule has 20 aromatic rings. The van der Waals surface area contributed by atoms with Crippen LogP contribution in [0.5, 0.6) is 0 Å². The molecule has 0 amide bonds. The van der Waals surface area contributed by atoms with Crippen molar-refractivity contribution in [3.63, 3.8) is 0 Å². The van der Waals surface area contributed by atoms with Gasteiger partial charge >= 0.3 is 0 Å². The number of hydrogen-bond donors (Lipinski definition) is 4. The quantitative estimate of drug-likeness (QED) is 0.110. The fraction of sp³-hybridized carbons (Fsp3) is 0. The van der Waals surface area contributed by atoms with Crippen molar-refractivity contribution in [2.45, 2.75) is 0 Å². The predicted octanol–water partition coefficient (Wildman–Crippen LogP) is 29.0. The maximum Gasteiger partial charge on any atom is 0.123 e. The van der Waals surface area contributed by atoms with Crippen LogP contribution in [0.1, 0.15) is 0 Å². The Balaban J connectivity index is 0.000000101. The van der Waals surface area contributed by atoms with Crippen molar-refractivity contribution in [2.75, 3.05) is 21.3 Å². The number of hydrogen-bond acceptors (Lipinski definition) is 8. The summed E-state index contributed by atoms with van der Waals surface area (Å²) >= 11 is 7.37. The van der Waals surface area contributed by atoms with Gasteiger partial charge in [0.25, 0.3) is 0 Å². The highest BCUT2D eigenvalue weighted by molar-refractivity contribution is 7.27. The van der Waals surface area contributed by atoms with Crippen molar-refractivity contribution in [3.05, 3.63) is 364 Å². The number of para-hydroxylation sites is 2. The van der Waals surface area contributed by atoms with E-state index in [2.05, 4.69) is 349 Å². The normalized spacial score (nSPS) is 11.2. The Morgan fingerprint density at radius 1 is 0.208 bits per heavy atom. The van der Waals surface area contributed by atoms with E-state index in [1.165, 1.54) is 137 Å². The van der Waals surface area contributed by atoms with E-state index in [4.69, 9.17) is 0 Å². The molecule has 9 heteroatoms. The molecule has 482 valence electrons. The molecule has 4 nitrogen and oxygen atoms in total. The van der Waals surface area contributed by atoms with E-state index in [-0.39, 0.29) is 5.82 Å². The van der Waals surface area contributed by atoms with Crippen molar-refractivity contribution in [1.29, 1.82) is 0 Å². The molecule has 0 saturated carbocycles. The monoisotopic (exact) mass is 1370 g/mol. The van der Waals surface area contributed by atoms with Gasteiger partial charge in [-0.3, -0.25) is 0 Å².